The van der Waals surface area contributed by atoms with E-state index in [1.165, 1.54) is 7.11 Å². The molecule has 0 aliphatic rings. The van der Waals surface area contributed by atoms with Crippen LogP contribution in [0.5, 0.6) is 0 Å². The molecule has 0 aliphatic heterocycles. The van der Waals surface area contributed by atoms with Gasteiger partial charge in [-0.15, -0.1) is 0 Å². The quantitative estimate of drug-likeness (QED) is 0.687. The molecule has 0 unspecified atom stereocenters. The summed E-state index contributed by atoms with van der Waals surface area (Å²) in [6, 6.07) is 0. The molecule has 0 rings (SSSR count). The van der Waals surface area contributed by atoms with E-state index >= 15 is 0 Å². The van der Waals surface area contributed by atoms with Gasteiger partial charge in [0.2, 0.25) is 0 Å². The van der Waals surface area contributed by atoms with Crippen LogP contribution in [0.4, 0.5) is 8.78 Å². The molecule has 0 aromatic heterocycles. The Bertz CT molecular complexity index is 200. The van der Waals surface area contributed by atoms with Crippen molar-refractivity contribution in [1.29, 1.82) is 0 Å². The van der Waals surface area contributed by atoms with Crippen LogP contribution in [-0.2, 0) is 9.16 Å². The van der Waals surface area contributed by atoms with Crippen LogP contribution in [0.15, 0.2) is 0 Å². The molecule has 0 saturated heterocycles. The predicted molar refractivity (Wildman–Crippen MR) is 60.0 cm³/mol. The van der Waals surface area contributed by atoms with Gasteiger partial charge in [0.15, 0.2) is 8.32 Å². The third-order valence-electron chi connectivity index (χ3n) is 2.81. The van der Waals surface area contributed by atoms with E-state index in [4.69, 9.17) is 4.43 Å². The summed E-state index contributed by atoms with van der Waals surface area (Å²) >= 11 is 0. The van der Waals surface area contributed by atoms with Gasteiger partial charge in [-0.1, -0.05) is 20.8 Å². The summed E-state index contributed by atoms with van der Waals surface area (Å²) in [7, 11) is -0.815. The second-order valence-corrected chi connectivity index (χ2v) is 10.1. The Morgan fingerprint density at radius 3 is 1.87 bits per heavy atom. The van der Waals surface area contributed by atoms with Crippen LogP contribution in [0.1, 0.15) is 20.8 Å². The Morgan fingerprint density at radius 1 is 1.07 bits per heavy atom. The summed E-state index contributed by atoms with van der Waals surface area (Å²) in [6.07, 6.45) is 0. The first-order chi connectivity index (χ1) is 6.52. The molecule has 5 heteroatoms. The highest BCUT2D eigenvalue weighted by Gasteiger charge is 2.40. The molecule has 0 aliphatic carbocycles. The molecule has 0 bridgehead atoms. The lowest BCUT2D eigenvalue weighted by Crippen LogP contribution is -2.44. The van der Waals surface area contributed by atoms with Crippen LogP contribution in [0, 0.1) is 0 Å². The van der Waals surface area contributed by atoms with Gasteiger partial charge < -0.3 is 9.16 Å². The van der Waals surface area contributed by atoms with Crippen molar-refractivity contribution in [2.75, 3.05) is 20.3 Å². The molecular formula is C10H22F2O2Si. The second-order valence-electron chi connectivity index (χ2n) is 5.34. The van der Waals surface area contributed by atoms with Crippen molar-refractivity contribution in [2.45, 2.75) is 44.8 Å². The Labute approximate surface area is 92.1 Å². The number of methoxy groups -OCH3 is 1. The molecule has 15 heavy (non-hydrogen) atoms. The van der Waals surface area contributed by atoms with E-state index in [2.05, 4.69) is 4.74 Å². The fraction of sp³-hybridized carbons (Fsp3) is 1.00. The lowest BCUT2D eigenvalue weighted by molar-refractivity contribution is -0.0938. The number of ether oxygens (including phenoxy) is 1. The molecule has 2 nitrogen and oxygen atoms in total. The highest BCUT2D eigenvalue weighted by Crippen LogP contribution is 2.37. The normalized spacial score (nSPS) is 14.4. The topological polar surface area (TPSA) is 18.5 Å². The lowest BCUT2D eigenvalue weighted by Gasteiger charge is -2.37. The molecule has 0 aromatic rings. The fourth-order valence-corrected chi connectivity index (χ4v) is 1.76. The summed E-state index contributed by atoms with van der Waals surface area (Å²) in [4.78, 5) is 0. The van der Waals surface area contributed by atoms with Crippen LogP contribution in [0.2, 0.25) is 18.1 Å². The second kappa shape index (κ2) is 4.89. The third-order valence-corrected chi connectivity index (χ3v) is 7.28. The van der Waals surface area contributed by atoms with Crippen molar-refractivity contribution in [3.63, 3.8) is 0 Å². The summed E-state index contributed by atoms with van der Waals surface area (Å²) in [5.74, 6) is -2.88. The van der Waals surface area contributed by atoms with Crippen molar-refractivity contribution >= 4 is 8.32 Å². The van der Waals surface area contributed by atoms with Crippen LogP contribution in [0.25, 0.3) is 0 Å². The number of rotatable bonds is 5. The van der Waals surface area contributed by atoms with Gasteiger partial charge in [-0.25, -0.2) is 8.78 Å². The number of hydrogen-bond acceptors (Lipinski definition) is 2. The number of hydrogen-bond donors (Lipinski definition) is 0. The molecule has 0 fully saturated rings. The molecule has 92 valence electrons. The minimum absolute atomic E-state index is 0.0455. The van der Waals surface area contributed by atoms with Crippen molar-refractivity contribution in [2.24, 2.45) is 0 Å². The van der Waals surface area contributed by atoms with Crippen LogP contribution in [-0.4, -0.2) is 34.6 Å². The molecule has 0 saturated carbocycles. The first-order valence-electron chi connectivity index (χ1n) is 5.02. The highest BCUT2D eigenvalue weighted by atomic mass is 28.4. The highest BCUT2D eigenvalue weighted by molar-refractivity contribution is 6.74. The van der Waals surface area contributed by atoms with Gasteiger partial charge in [-0.05, 0) is 18.1 Å². The van der Waals surface area contributed by atoms with Gasteiger partial charge in [0.25, 0.3) is 5.92 Å². The van der Waals surface area contributed by atoms with Gasteiger partial charge in [-0.3, -0.25) is 0 Å². The zero-order valence-corrected chi connectivity index (χ0v) is 11.5. The summed E-state index contributed by atoms with van der Waals surface area (Å²) in [5, 5.41) is -0.0455. The van der Waals surface area contributed by atoms with E-state index in [-0.39, 0.29) is 5.04 Å². The van der Waals surface area contributed by atoms with E-state index in [1.807, 2.05) is 33.9 Å². The van der Waals surface area contributed by atoms with Gasteiger partial charge in [0.1, 0.15) is 13.2 Å². The first kappa shape index (κ1) is 15.0. The Kier molecular flexibility index (Phi) is 4.89. The van der Waals surface area contributed by atoms with E-state index in [1.54, 1.807) is 0 Å². The summed E-state index contributed by atoms with van der Waals surface area (Å²) in [5.41, 5.74) is 0. The molecule has 0 radical (unpaired) electrons. The van der Waals surface area contributed by atoms with Gasteiger partial charge in [0, 0.05) is 7.11 Å². The van der Waals surface area contributed by atoms with Crippen LogP contribution in [0.3, 0.4) is 0 Å². The molecule has 0 heterocycles. The van der Waals surface area contributed by atoms with Crippen LogP contribution < -0.4 is 0 Å². The Morgan fingerprint density at radius 2 is 1.53 bits per heavy atom. The lowest BCUT2D eigenvalue weighted by atomic mass is 10.2. The Hall–Kier alpha value is -0.00312. The zero-order valence-electron chi connectivity index (χ0n) is 10.5. The minimum Gasteiger partial charge on any atom is -0.411 e. The van der Waals surface area contributed by atoms with E-state index in [9.17, 15) is 8.78 Å². The largest absolute Gasteiger partial charge is 0.411 e. The van der Waals surface area contributed by atoms with Crippen LogP contribution >= 0.6 is 0 Å². The van der Waals surface area contributed by atoms with Gasteiger partial charge in [0.05, 0.1) is 0 Å². The summed E-state index contributed by atoms with van der Waals surface area (Å²) < 4.78 is 36.1. The smallest absolute Gasteiger partial charge is 0.292 e. The van der Waals surface area contributed by atoms with E-state index in [0.29, 0.717) is 0 Å². The van der Waals surface area contributed by atoms with Gasteiger partial charge >= 0.3 is 0 Å². The molecular weight excluding hydrogens is 218 g/mol. The zero-order chi connectivity index (χ0) is 12.3. The van der Waals surface area contributed by atoms with E-state index in [0.717, 1.165) is 0 Å². The molecule has 0 N–H and O–H groups in total. The molecule has 0 atom stereocenters. The summed E-state index contributed by atoms with van der Waals surface area (Å²) in [6.45, 7) is 8.85. The first-order valence-corrected chi connectivity index (χ1v) is 7.93. The monoisotopic (exact) mass is 240 g/mol. The SMILES string of the molecule is COCC(F)(F)CO[Si](C)(C)C(C)(C)C. The fourth-order valence-electron chi connectivity index (χ4n) is 0.755. The van der Waals surface area contributed by atoms with E-state index < -0.39 is 27.5 Å². The minimum atomic E-state index is -2.88. The Balaban J connectivity index is 4.26. The average Bonchev–Trinajstić information content (AvgIpc) is 1.99. The van der Waals surface area contributed by atoms with Crippen molar-refractivity contribution in [3.05, 3.63) is 0 Å². The van der Waals surface area contributed by atoms with Crippen molar-refractivity contribution in [1.82, 2.24) is 0 Å². The van der Waals surface area contributed by atoms with Crippen molar-refractivity contribution < 1.29 is 17.9 Å². The third kappa shape index (κ3) is 5.04. The van der Waals surface area contributed by atoms with Crippen molar-refractivity contribution in [3.8, 4) is 0 Å². The van der Waals surface area contributed by atoms with Gasteiger partial charge in [-0.2, -0.15) is 0 Å². The predicted octanol–water partition coefficient (Wildman–Crippen LogP) is 3.29. The number of alkyl halides is 2. The standard InChI is InChI=1S/C10H22F2O2Si/c1-9(2,3)15(5,6)14-8-10(11,12)7-13-4/h7-8H2,1-6H3. The molecule has 0 amide bonds. The number of halogens is 2. The molecule has 0 aromatic carbocycles. The average molecular weight is 240 g/mol. The maximum absolute atomic E-state index is 13.1. The molecule has 0 spiro atoms. The maximum atomic E-state index is 13.1. The maximum Gasteiger partial charge on any atom is 0.292 e.